The van der Waals surface area contributed by atoms with Crippen LogP contribution in [0.2, 0.25) is 0 Å². The molecule has 2 rings (SSSR count). The van der Waals surface area contributed by atoms with E-state index in [0.717, 1.165) is 20.0 Å². The van der Waals surface area contributed by atoms with Crippen LogP contribution in [0.1, 0.15) is 24.2 Å². The maximum atomic E-state index is 9.77. The second-order valence-corrected chi connectivity index (χ2v) is 5.94. The fourth-order valence-electron chi connectivity index (χ4n) is 1.57. The number of hydrogen-bond acceptors (Lipinski definition) is 4. The van der Waals surface area contributed by atoms with Crippen LogP contribution in [-0.2, 0) is 0 Å². The summed E-state index contributed by atoms with van der Waals surface area (Å²) < 4.78 is 0.915. The molecule has 0 amide bonds. The Morgan fingerprint density at radius 1 is 1.37 bits per heavy atom. The Bertz CT molecular complexity index is 620. The van der Waals surface area contributed by atoms with Crippen LogP contribution in [0, 0.1) is 11.3 Å². The van der Waals surface area contributed by atoms with E-state index in [0.29, 0.717) is 5.56 Å². The van der Waals surface area contributed by atoms with Gasteiger partial charge in [0.1, 0.15) is 5.03 Å². The second kappa shape index (κ2) is 6.20. The van der Waals surface area contributed by atoms with Crippen molar-refractivity contribution in [2.75, 3.05) is 0 Å². The third kappa shape index (κ3) is 3.57. The topological polar surface area (TPSA) is 56.9 Å². The van der Waals surface area contributed by atoms with Crippen LogP contribution in [0.3, 0.4) is 0 Å². The molecule has 1 heterocycles. The van der Waals surface area contributed by atoms with Gasteiger partial charge in [-0.3, -0.25) is 0 Å². The Morgan fingerprint density at radius 2 is 2.16 bits per heavy atom. The molecule has 5 heteroatoms. The number of halogens is 1. The number of aromatic nitrogens is 1. The first-order valence-electron chi connectivity index (χ1n) is 5.61. The van der Waals surface area contributed by atoms with Crippen LogP contribution in [0.25, 0.3) is 0 Å². The summed E-state index contributed by atoms with van der Waals surface area (Å²) in [7, 11) is 0. The number of hydrogen-bond donors (Lipinski definition) is 1. The van der Waals surface area contributed by atoms with Crippen LogP contribution in [-0.4, -0.2) is 10.1 Å². The summed E-state index contributed by atoms with van der Waals surface area (Å²) in [6, 6.07) is 11.2. The minimum absolute atomic E-state index is 0.573. The Morgan fingerprint density at radius 3 is 2.74 bits per heavy atom. The highest BCUT2D eigenvalue weighted by Crippen LogP contribution is 2.33. The molecule has 1 aromatic carbocycles. The minimum Gasteiger partial charge on any atom is -0.389 e. The normalized spacial score (nSPS) is 11.9. The largest absolute Gasteiger partial charge is 0.389 e. The van der Waals surface area contributed by atoms with Crippen LogP contribution in [0.5, 0.6) is 0 Å². The summed E-state index contributed by atoms with van der Waals surface area (Å²) in [6.45, 7) is 1.71. The fourth-order valence-corrected chi connectivity index (χ4v) is 2.82. The number of pyridine rings is 1. The Balaban J connectivity index is 2.37. The summed E-state index contributed by atoms with van der Waals surface area (Å²) in [6.07, 6.45) is 1.14. The molecular formula is C14H11BrN2OS. The third-order valence-electron chi connectivity index (χ3n) is 2.51. The molecule has 0 saturated carbocycles. The first kappa shape index (κ1) is 14.1. The van der Waals surface area contributed by atoms with E-state index in [2.05, 4.69) is 27.0 Å². The van der Waals surface area contributed by atoms with Gasteiger partial charge in [-0.1, -0.05) is 17.8 Å². The van der Waals surface area contributed by atoms with Gasteiger partial charge < -0.3 is 5.11 Å². The molecule has 2 aromatic rings. The maximum absolute atomic E-state index is 9.77. The lowest BCUT2D eigenvalue weighted by molar-refractivity contribution is 0.196. The molecule has 1 atom stereocenters. The molecule has 1 aromatic heterocycles. The van der Waals surface area contributed by atoms with Gasteiger partial charge in [-0.25, -0.2) is 4.98 Å². The summed E-state index contributed by atoms with van der Waals surface area (Å²) in [4.78, 5) is 5.13. The molecule has 0 fully saturated rings. The Hall–Kier alpha value is -1.35. The first-order valence-corrected chi connectivity index (χ1v) is 7.22. The lowest BCUT2D eigenvalue weighted by Crippen LogP contribution is -1.95. The zero-order valence-electron chi connectivity index (χ0n) is 10.2. The Kier molecular flexibility index (Phi) is 4.59. The van der Waals surface area contributed by atoms with Gasteiger partial charge in [0.05, 0.1) is 17.7 Å². The number of aliphatic hydroxyl groups is 1. The highest BCUT2D eigenvalue weighted by atomic mass is 79.9. The van der Waals surface area contributed by atoms with Crippen molar-refractivity contribution in [3.63, 3.8) is 0 Å². The number of rotatable bonds is 3. The number of nitriles is 1. The molecular weight excluding hydrogens is 324 g/mol. The highest BCUT2D eigenvalue weighted by Gasteiger charge is 2.11. The lowest BCUT2D eigenvalue weighted by atomic mass is 10.1. The molecule has 19 heavy (non-hydrogen) atoms. The second-order valence-electron chi connectivity index (χ2n) is 3.96. The van der Waals surface area contributed by atoms with E-state index in [1.807, 2.05) is 12.1 Å². The van der Waals surface area contributed by atoms with Crippen molar-refractivity contribution in [1.29, 1.82) is 5.26 Å². The zero-order chi connectivity index (χ0) is 13.8. The van der Waals surface area contributed by atoms with E-state index in [4.69, 9.17) is 5.26 Å². The van der Waals surface area contributed by atoms with E-state index in [1.54, 1.807) is 31.3 Å². The maximum Gasteiger partial charge on any atom is 0.101 e. The summed E-state index contributed by atoms with van der Waals surface area (Å²) in [5, 5.41) is 19.5. The van der Waals surface area contributed by atoms with Crippen molar-refractivity contribution >= 4 is 27.7 Å². The van der Waals surface area contributed by atoms with Gasteiger partial charge in [0.25, 0.3) is 0 Å². The van der Waals surface area contributed by atoms with Crippen LogP contribution in [0.15, 0.2) is 50.9 Å². The molecule has 0 unspecified atom stereocenters. The summed E-state index contributed by atoms with van der Waals surface area (Å²) in [5.74, 6) is 0. The first-order chi connectivity index (χ1) is 9.10. The Labute approximate surface area is 124 Å². The van der Waals surface area contributed by atoms with Gasteiger partial charge in [0.15, 0.2) is 0 Å². The summed E-state index contributed by atoms with van der Waals surface area (Å²) in [5.41, 5.74) is 1.37. The van der Waals surface area contributed by atoms with Gasteiger partial charge in [-0.05, 0) is 52.7 Å². The van der Waals surface area contributed by atoms with Crippen LogP contribution < -0.4 is 0 Å². The molecule has 0 aliphatic carbocycles. The summed E-state index contributed by atoms with van der Waals surface area (Å²) >= 11 is 4.77. The predicted octanol–water partition coefficient (Wildman–Crippen LogP) is 3.92. The standard InChI is InChI=1S/C14H11BrN2OS/c1-9(18)12-4-2-10(7-16)6-13(12)19-14-5-3-11(15)8-17-14/h2-6,8-9,18H,1H3/t9-/m0/s1. The SMILES string of the molecule is C[C@H](O)c1ccc(C#N)cc1Sc1ccc(Br)cn1. The highest BCUT2D eigenvalue weighted by molar-refractivity contribution is 9.10. The molecule has 96 valence electrons. The molecule has 0 aliphatic rings. The monoisotopic (exact) mass is 334 g/mol. The quantitative estimate of drug-likeness (QED) is 0.924. The molecule has 0 saturated heterocycles. The molecule has 0 radical (unpaired) electrons. The number of nitrogens with zero attached hydrogens (tertiary/aromatic N) is 2. The van der Waals surface area contributed by atoms with Crippen molar-refractivity contribution in [2.45, 2.75) is 22.9 Å². The predicted molar refractivity (Wildman–Crippen MR) is 77.9 cm³/mol. The van der Waals surface area contributed by atoms with E-state index in [9.17, 15) is 5.11 Å². The van der Waals surface area contributed by atoms with Crippen LogP contribution >= 0.6 is 27.7 Å². The molecule has 3 nitrogen and oxygen atoms in total. The van der Waals surface area contributed by atoms with Gasteiger partial charge in [0.2, 0.25) is 0 Å². The smallest absolute Gasteiger partial charge is 0.101 e. The zero-order valence-corrected chi connectivity index (χ0v) is 12.6. The van der Waals surface area contributed by atoms with Crippen molar-refractivity contribution < 1.29 is 5.11 Å². The van der Waals surface area contributed by atoms with Crippen molar-refractivity contribution in [2.24, 2.45) is 0 Å². The van der Waals surface area contributed by atoms with Crippen molar-refractivity contribution in [3.05, 3.63) is 52.1 Å². The van der Waals surface area contributed by atoms with Crippen molar-refractivity contribution in [3.8, 4) is 6.07 Å². The van der Waals surface area contributed by atoms with E-state index in [-0.39, 0.29) is 0 Å². The number of aliphatic hydroxyl groups excluding tert-OH is 1. The van der Waals surface area contributed by atoms with E-state index in [1.165, 1.54) is 11.8 Å². The van der Waals surface area contributed by atoms with E-state index >= 15 is 0 Å². The average Bonchev–Trinajstić information content (AvgIpc) is 2.41. The van der Waals surface area contributed by atoms with E-state index < -0.39 is 6.10 Å². The lowest BCUT2D eigenvalue weighted by Gasteiger charge is -2.11. The van der Waals surface area contributed by atoms with Crippen molar-refractivity contribution in [1.82, 2.24) is 4.98 Å². The van der Waals surface area contributed by atoms with Crippen LogP contribution in [0.4, 0.5) is 0 Å². The fraction of sp³-hybridized carbons (Fsp3) is 0.143. The number of benzene rings is 1. The minimum atomic E-state index is -0.578. The molecule has 0 aliphatic heterocycles. The third-order valence-corrected chi connectivity index (χ3v) is 4.00. The van der Waals surface area contributed by atoms with Gasteiger partial charge in [0, 0.05) is 15.6 Å². The van der Waals surface area contributed by atoms with Gasteiger partial charge in [-0.15, -0.1) is 0 Å². The molecule has 0 bridgehead atoms. The average molecular weight is 335 g/mol. The van der Waals surface area contributed by atoms with Gasteiger partial charge >= 0.3 is 0 Å². The van der Waals surface area contributed by atoms with Gasteiger partial charge in [-0.2, -0.15) is 5.26 Å². The molecule has 0 spiro atoms. The molecule has 1 N–H and O–H groups in total.